The van der Waals surface area contributed by atoms with Crippen LogP contribution in [0, 0.1) is 0 Å². The van der Waals surface area contributed by atoms with Gasteiger partial charge in [0.25, 0.3) is 20.0 Å². The molecule has 0 aliphatic rings. The first kappa shape index (κ1) is 25.0. The fourth-order valence-corrected chi connectivity index (χ4v) is 5.46. The van der Waals surface area contributed by atoms with Gasteiger partial charge in [0.2, 0.25) is 0 Å². The summed E-state index contributed by atoms with van der Waals surface area (Å²) in [5, 5.41) is 0. The maximum absolute atomic E-state index is 12.9. The number of benzene rings is 3. The molecule has 0 amide bonds. The largest absolute Gasteiger partial charge is 0.497 e. The highest BCUT2D eigenvalue weighted by Crippen LogP contribution is 2.32. The fraction of sp³-hybridized carbons (Fsp3) is 0.182. The van der Waals surface area contributed by atoms with Crippen molar-refractivity contribution in [2.45, 2.75) is 9.79 Å². The molecule has 0 aliphatic heterocycles. The summed E-state index contributed by atoms with van der Waals surface area (Å²) in [5.41, 5.74) is 0.277. The van der Waals surface area contributed by atoms with E-state index in [4.69, 9.17) is 18.9 Å². The van der Waals surface area contributed by atoms with Gasteiger partial charge in [-0.3, -0.25) is 9.44 Å². The van der Waals surface area contributed by atoms with Crippen molar-refractivity contribution in [3.8, 4) is 23.0 Å². The van der Waals surface area contributed by atoms with E-state index >= 15 is 0 Å². The zero-order chi connectivity index (χ0) is 24.9. The average Bonchev–Trinajstić information content (AvgIpc) is 2.82. The summed E-state index contributed by atoms with van der Waals surface area (Å²) < 4.78 is 77.2. The molecule has 0 atom stereocenters. The summed E-state index contributed by atoms with van der Waals surface area (Å²) in [6.07, 6.45) is 0. The van der Waals surface area contributed by atoms with Crippen molar-refractivity contribution in [1.82, 2.24) is 0 Å². The highest BCUT2D eigenvalue weighted by atomic mass is 32.2. The molecular formula is C22H24N2O8S2. The number of rotatable bonds is 10. The summed E-state index contributed by atoms with van der Waals surface area (Å²) >= 11 is 0. The Balaban J connectivity index is 1.88. The van der Waals surface area contributed by atoms with E-state index in [1.165, 1.54) is 89.1 Å². The van der Waals surface area contributed by atoms with Crippen molar-refractivity contribution in [2.75, 3.05) is 37.9 Å². The topological polar surface area (TPSA) is 129 Å². The van der Waals surface area contributed by atoms with E-state index in [1.807, 2.05) is 0 Å². The van der Waals surface area contributed by atoms with Crippen molar-refractivity contribution in [3.63, 3.8) is 0 Å². The highest BCUT2D eigenvalue weighted by Gasteiger charge is 2.22. The van der Waals surface area contributed by atoms with Crippen LogP contribution in [0.4, 0.5) is 11.4 Å². The summed E-state index contributed by atoms with van der Waals surface area (Å²) in [6, 6.07) is 14.4. The first-order valence-electron chi connectivity index (χ1n) is 9.73. The van der Waals surface area contributed by atoms with Crippen LogP contribution in [0.1, 0.15) is 0 Å². The van der Waals surface area contributed by atoms with Gasteiger partial charge in [-0.15, -0.1) is 0 Å². The predicted octanol–water partition coefficient (Wildman–Crippen LogP) is 3.32. The van der Waals surface area contributed by atoms with Gasteiger partial charge in [-0.1, -0.05) is 6.07 Å². The first-order chi connectivity index (χ1) is 16.1. The highest BCUT2D eigenvalue weighted by molar-refractivity contribution is 7.93. The van der Waals surface area contributed by atoms with Gasteiger partial charge >= 0.3 is 0 Å². The molecule has 0 spiro atoms. The molecule has 0 saturated heterocycles. The van der Waals surface area contributed by atoms with Crippen molar-refractivity contribution < 1.29 is 35.8 Å². The minimum absolute atomic E-state index is 0.0929. The van der Waals surface area contributed by atoms with Gasteiger partial charge in [-0.05, 0) is 42.5 Å². The van der Waals surface area contributed by atoms with Gasteiger partial charge in [0, 0.05) is 12.1 Å². The summed E-state index contributed by atoms with van der Waals surface area (Å²) in [5.74, 6) is 1.05. The minimum atomic E-state index is -4.05. The smallest absolute Gasteiger partial charge is 0.265 e. The van der Waals surface area contributed by atoms with Crippen LogP contribution < -0.4 is 28.4 Å². The van der Waals surface area contributed by atoms with Crippen LogP contribution in [0.25, 0.3) is 0 Å². The Kier molecular flexibility index (Phi) is 7.42. The minimum Gasteiger partial charge on any atom is -0.497 e. The lowest BCUT2D eigenvalue weighted by molar-refractivity contribution is 0.386. The standard InChI is InChI=1S/C22H24N2O8S2/c1-29-17-8-10-21(19(13-17)31-3)33(25,26)23-15-6-5-7-16(12-15)24-34(27,28)22-11-9-18(30-2)14-20(22)32-4/h5-14,23-24H,1-4H3. The maximum atomic E-state index is 12.9. The molecule has 0 radical (unpaired) electrons. The second-order valence-corrected chi connectivity index (χ2v) is 10.1. The predicted molar refractivity (Wildman–Crippen MR) is 127 cm³/mol. The molecule has 34 heavy (non-hydrogen) atoms. The van der Waals surface area contributed by atoms with E-state index in [9.17, 15) is 16.8 Å². The molecule has 10 nitrogen and oxygen atoms in total. The van der Waals surface area contributed by atoms with E-state index in [-0.39, 0.29) is 32.7 Å². The zero-order valence-electron chi connectivity index (χ0n) is 18.9. The van der Waals surface area contributed by atoms with Gasteiger partial charge in [0.15, 0.2) is 0 Å². The SMILES string of the molecule is COc1ccc(S(=O)(=O)Nc2cccc(NS(=O)(=O)c3ccc(OC)cc3OC)c2)c(OC)c1. The van der Waals surface area contributed by atoms with Crippen LogP contribution >= 0.6 is 0 Å². The molecule has 0 unspecified atom stereocenters. The Morgan fingerprint density at radius 1 is 0.559 bits per heavy atom. The first-order valence-corrected chi connectivity index (χ1v) is 12.7. The molecule has 0 saturated carbocycles. The van der Waals surface area contributed by atoms with Gasteiger partial charge in [0.1, 0.15) is 32.8 Å². The third kappa shape index (κ3) is 5.46. The molecule has 2 N–H and O–H groups in total. The van der Waals surface area contributed by atoms with Crippen molar-refractivity contribution in [1.29, 1.82) is 0 Å². The summed E-state index contributed by atoms with van der Waals surface area (Å²) in [4.78, 5) is -0.213. The lowest BCUT2D eigenvalue weighted by Gasteiger charge is -2.15. The zero-order valence-corrected chi connectivity index (χ0v) is 20.5. The Labute approximate surface area is 198 Å². The molecule has 0 aromatic heterocycles. The lowest BCUT2D eigenvalue weighted by Crippen LogP contribution is -2.16. The van der Waals surface area contributed by atoms with Gasteiger partial charge < -0.3 is 18.9 Å². The number of sulfonamides is 2. The van der Waals surface area contributed by atoms with Crippen LogP contribution in [0.3, 0.4) is 0 Å². The van der Waals surface area contributed by atoms with Gasteiger partial charge in [-0.25, -0.2) is 16.8 Å². The number of hydrogen-bond acceptors (Lipinski definition) is 8. The van der Waals surface area contributed by atoms with Gasteiger partial charge in [-0.2, -0.15) is 0 Å². The van der Waals surface area contributed by atoms with Crippen LogP contribution in [-0.4, -0.2) is 45.3 Å². The van der Waals surface area contributed by atoms with Gasteiger partial charge in [0.05, 0.1) is 39.8 Å². The average molecular weight is 509 g/mol. The Morgan fingerprint density at radius 3 is 1.32 bits per heavy atom. The molecule has 0 heterocycles. The van der Waals surface area contributed by atoms with Crippen LogP contribution in [0.2, 0.25) is 0 Å². The second kappa shape index (κ2) is 10.1. The lowest BCUT2D eigenvalue weighted by atomic mass is 10.3. The third-order valence-corrected chi connectivity index (χ3v) is 7.53. The fourth-order valence-electron chi connectivity index (χ4n) is 3.06. The number of anilines is 2. The maximum Gasteiger partial charge on any atom is 0.265 e. The van der Waals surface area contributed by atoms with E-state index in [0.29, 0.717) is 11.5 Å². The van der Waals surface area contributed by atoms with Crippen LogP contribution in [0.5, 0.6) is 23.0 Å². The van der Waals surface area contributed by atoms with Crippen molar-refractivity contribution in [3.05, 3.63) is 60.7 Å². The molecule has 3 aromatic rings. The quantitative estimate of drug-likeness (QED) is 0.427. The molecule has 12 heteroatoms. The monoisotopic (exact) mass is 508 g/mol. The summed E-state index contributed by atoms with van der Waals surface area (Å²) in [6.45, 7) is 0. The number of ether oxygens (including phenoxy) is 4. The number of nitrogens with one attached hydrogen (secondary N) is 2. The van der Waals surface area contributed by atoms with E-state index < -0.39 is 20.0 Å². The second-order valence-electron chi connectivity index (χ2n) is 6.83. The normalized spacial score (nSPS) is 11.4. The molecule has 0 bridgehead atoms. The summed E-state index contributed by atoms with van der Waals surface area (Å²) in [7, 11) is -2.51. The van der Waals surface area contributed by atoms with Crippen LogP contribution in [-0.2, 0) is 20.0 Å². The number of methoxy groups -OCH3 is 4. The Hall–Kier alpha value is -3.64. The van der Waals surface area contributed by atoms with E-state index in [1.54, 1.807) is 0 Å². The van der Waals surface area contributed by atoms with Crippen molar-refractivity contribution in [2.24, 2.45) is 0 Å². The van der Waals surface area contributed by atoms with Crippen molar-refractivity contribution >= 4 is 31.4 Å². The van der Waals surface area contributed by atoms with E-state index in [0.717, 1.165) is 0 Å². The Bertz CT molecular complexity index is 1290. The van der Waals surface area contributed by atoms with E-state index in [2.05, 4.69) is 9.44 Å². The molecule has 0 aliphatic carbocycles. The molecule has 182 valence electrons. The Morgan fingerprint density at radius 2 is 0.971 bits per heavy atom. The molecule has 3 rings (SSSR count). The molecular weight excluding hydrogens is 484 g/mol. The third-order valence-electron chi connectivity index (χ3n) is 4.69. The number of hydrogen-bond donors (Lipinski definition) is 2. The van der Waals surface area contributed by atoms with Crippen LogP contribution in [0.15, 0.2) is 70.5 Å². The molecule has 3 aromatic carbocycles. The molecule has 0 fully saturated rings.